The quantitative estimate of drug-likeness (QED) is 0.588. The van der Waals surface area contributed by atoms with Crippen LogP contribution in [0.4, 0.5) is 0 Å². The number of benzene rings is 1. The van der Waals surface area contributed by atoms with Crippen LogP contribution in [-0.2, 0) is 10.0 Å². The summed E-state index contributed by atoms with van der Waals surface area (Å²) in [6.07, 6.45) is 0. The molecule has 1 amide bonds. The largest absolute Gasteiger partial charge is 0.335 e. The Bertz CT molecular complexity index is 1080. The molecule has 2 heterocycles. The number of carbonyl (C=O) groups is 1. The van der Waals surface area contributed by atoms with Gasteiger partial charge in [0.15, 0.2) is 0 Å². The van der Waals surface area contributed by atoms with Crippen molar-refractivity contribution in [2.75, 3.05) is 26.2 Å². The van der Waals surface area contributed by atoms with Gasteiger partial charge in [-0.2, -0.15) is 4.31 Å². The maximum atomic E-state index is 12.9. The van der Waals surface area contributed by atoms with E-state index in [1.165, 1.54) is 9.21 Å². The normalized spacial score (nSPS) is 15.6. The molecular formula is C18H17Cl4N3O3S. The first kappa shape index (κ1) is 22.6. The lowest BCUT2D eigenvalue weighted by atomic mass is 10.1. The van der Waals surface area contributed by atoms with Gasteiger partial charge in [0.05, 0.1) is 20.0 Å². The maximum Gasteiger partial charge on any atom is 0.274 e. The standard InChI is InChI=1S/C18H17Cl4N3O3S/c1-10-3-4-12(9-11(10)2)29(27,28)25-7-5-24(6-8-25)18(26)16-14(20)13(19)15(21)17(22)23-16/h3-4,9H,5-8H2,1-2H3. The fourth-order valence-corrected chi connectivity index (χ4v) is 5.25. The van der Waals surface area contributed by atoms with Crippen LogP contribution < -0.4 is 0 Å². The SMILES string of the molecule is Cc1ccc(S(=O)(=O)N2CCN(C(=O)c3nc(Cl)c(Cl)c(Cl)c3Cl)CC2)cc1C. The molecular weight excluding hydrogens is 480 g/mol. The van der Waals surface area contributed by atoms with E-state index in [1.54, 1.807) is 18.2 Å². The Morgan fingerprint density at radius 1 is 0.931 bits per heavy atom. The Balaban J connectivity index is 1.77. The van der Waals surface area contributed by atoms with E-state index in [4.69, 9.17) is 46.4 Å². The van der Waals surface area contributed by atoms with Crippen LogP contribution >= 0.6 is 46.4 Å². The Morgan fingerprint density at radius 3 is 2.14 bits per heavy atom. The molecule has 156 valence electrons. The molecule has 1 aliphatic heterocycles. The molecule has 2 aromatic rings. The van der Waals surface area contributed by atoms with Crippen LogP contribution in [0.15, 0.2) is 23.1 Å². The number of hydrogen-bond acceptors (Lipinski definition) is 4. The number of halogens is 4. The molecule has 1 aromatic carbocycles. The number of sulfonamides is 1. The van der Waals surface area contributed by atoms with Crippen LogP contribution in [0.5, 0.6) is 0 Å². The number of rotatable bonds is 3. The summed E-state index contributed by atoms with van der Waals surface area (Å²) in [5.41, 5.74) is 1.80. The molecule has 0 aliphatic carbocycles. The number of nitrogens with zero attached hydrogens (tertiary/aromatic N) is 3. The highest BCUT2D eigenvalue weighted by Gasteiger charge is 2.32. The molecule has 1 fully saturated rings. The molecule has 3 rings (SSSR count). The zero-order valence-corrected chi connectivity index (χ0v) is 19.4. The van der Waals surface area contributed by atoms with Crippen LogP contribution in [0.1, 0.15) is 21.6 Å². The molecule has 0 radical (unpaired) electrons. The van der Waals surface area contributed by atoms with Crippen LogP contribution in [-0.4, -0.2) is 54.7 Å². The Kier molecular flexibility index (Phi) is 6.68. The number of piperazine rings is 1. The highest BCUT2D eigenvalue weighted by atomic mass is 35.5. The van der Waals surface area contributed by atoms with E-state index in [0.717, 1.165) is 11.1 Å². The van der Waals surface area contributed by atoms with Gasteiger partial charge < -0.3 is 4.90 Å². The van der Waals surface area contributed by atoms with Gasteiger partial charge in [0.25, 0.3) is 5.91 Å². The first-order valence-electron chi connectivity index (χ1n) is 8.60. The van der Waals surface area contributed by atoms with E-state index in [-0.39, 0.29) is 57.0 Å². The first-order valence-corrected chi connectivity index (χ1v) is 11.6. The second kappa shape index (κ2) is 8.57. The maximum absolute atomic E-state index is 12.9. The van der Waals surface area contributed by atoms with Crippen LogP contribution in [0.3, 0.4) is 0 Å². The van der Waals surface area contributed by atoms with Crippen molar-refractivity contribution < 1.29 is 13.2 Å². The molecule has 0 atom stereocenters. The molecule has 0 bridgehead atoms. The second-order valence-corrected chi connectivity index (χ2v) is 10.1. The summed E-state index contributed by atoms with van der Waals surface area (Å²) in [4.78, 5) is 18.4. The predicted molar refractivity (Wildman–Crippen MR) is 115 cm³/mol. The van der Waals surface area contributed by atoms with Crippen molar-refractivity contribution >= 4 is 62.3 Å². The molecule has 0 unspecified atom stereocenters. The number of aromatic nitrogens is 1. The van der Waals surface area contributed by atoms with Crippen molar-refractivity contribution in [3.05, 3.63) is 55.2 Å². The Morgan fingerprint density at radius 2 is 1.55 bits per heavy atom. The lowest BCUT2D eigenvalue weighted by Gasteiger charge is -2.34. The topological polar surface area (TPSA) is 70.6 Å². The summed E-state index contributed by atoms with van der Waals surface area (Å²) in [7, 11) is -3.65. The van der Waals surface area contributed by atoms with E-state index >= 15 is 0 Å². The molecule has 29 heavy (non-hydrogen) atoms. The fourth-order valence-electron chi connectivity index (χ4n) is 2.93. The minimum absolute atomic E-state index is 0.0285. The summed E-state index contributed by atoms with van der Waals surface area (Å²) >= 11 is 23.9. The van der Waals surface area contributed by atoms with Gasteiger partial charge in [-0.15, -0.1) is 0 Å². The van der Waals surface area contributed by atoms with Gasteiger partial charge in [-0.1, -0.05) is 52.5 Å². The van der Waals surface area contributed by atoms with Gasteiger partial charge in [-0.25, -0.2) is 13.4 Å². The molecule has 1 aromatic heterocycles. The molecule has 1 saturated heterocycles. The Labute approximate surface area is 189 Å². The molecule has 1 aliphatic rings. The summed E-state index contributed by atoms with van der Waals surface area (Å²) in [5, 5.41) is -0.288. The predicted octanol–water partition coefficient (Wildman–Crippen LogP) is 4.46. The van der Waals surface area contributed by atoms with Crippen molar-refractivity contribution in [3.63, 3.8) is 0 Å². The molecule has 6 nitrogen and oxygen atoms in total. The lowest BCUT2D eigenvalue weighted by molar-refractivity contribution is 0.0692. The molecule has 0 spiro atoms. The van der Waals surface area contributed by atoms with E-state index in [0.29, 0.717) is 0 Å². The highest BCUT2D eigenvalue weighted by Crippen LogP contribution is 2.36. The third-order valence-electron chi connectivity index (χ3n) is 4.83. The van der Waals surface area contributed by atoms with Crippen molar-refractivity contribution in [2.45, 2.75) is 18.7 Å². The van der Waals surface area contributed by atoms with Crippen molar-refractivity contribution in [2.24, 2.45) is 0 Å². The zero-order chi connectivity index (χ0) is 21.5. The summed E-state index contributed by atoms with van der Waals surface area (Å²) in [6.45, 7) is 4.44. The third-order valence-corrected chi connectivity index (χ3v) is 8.40. The van der Waals surface area contributed by atoms with Crippen LogP contribution in [0, 0.1) is 13.8 Å². The first-order chi connectivity index (χ1) is 13.5. The van der Waals surface area contributed by atoms with E-state index in [2.05, 4.69) is 4.98 Å². The number of aryl methyl sites for hydroxylation is 2. The van der Waals surface area contributed by atoms with E-state index in [1.807, 2.05) is 13.8 Å². The van der Waals surface area contributed by atoms with Crippen molar-refractivity contribution in [1.29, 1.82) is 0 Å². The average molecular weight is 497 g/mol. The van der Waals surface area contributed by atoms with Crippen molar-refractivity contribution in [1.82, 2.24) is 14.2 Å². The number of carbonyl (C=O) groups excluding carboxylic acids is 1. The lowest BCUT2D eigenvalue weighted by Crippen LogP contribution is -2.50. The van der Waals surface area contributed by atoms with Gasteiger partial charge in [0.1, 0.15) is 10.8 Å². The zero-order valence-electron chi connectivity index (χ0n) is 15.5. The van der Waals surface area contributed by atoms with Crippen molar-refractivity contribution in [3.8, 4) is 0 Å². The summed E-state index contributed by atoms with van der Waals surface area (Å²) < 4.78 is 27.2. The highest BCUT2D eigenvalue weighted by molar-refractivity contribution is 7.89. The van der Waals surface area contributed by atoms with Crippen LogP contribution in [0.2, 0.25) is 20.2 Å². The average Bonchev–Trinajstić information content (AvgIpc) is 2.70. The van der Waals surface area contributed by atoms with E-state index < -0.39 is 15.9 Å². The van der Waals surface area contributed by atoms with Gasteiger partial charge in [-0.05, 0) is 37.1 Å². The minimum atomic E-state index is -3.65. The number of amides is 1. The Hall–Kier alpha value is -1.09. The van der Waals surface area contributed by atoms with E-state index in [9.17, 15) is 13.2 Å². The van der Waals surface area contributed by atoms with Gasteiger partial charge >= 0.3 is 0 Å². The molecule has 0 saturated carbocycles. The summed E-state index contributed by atoms with van der Waals surface area (Å²) in [6, 6.07) is 5.03. The number of hydrogen-bond donors (Lipinski definition) is 0. The minimum Gasteiger partial charge on any atom is -0.335 e. The molecule has 11 heteroatoms. The summed E-state index contributed by atoms with van der Waals surface area (Å²) in [5.74, 6) is -0.487. The second-order valence-electron chi connectivity index (χ2n) is 6.64. The van der Waals surface area contributed by atoms with Gasteiger partial charge in [0, 0.05) is 26.2 Å². The molecule has 0 N–H and O–H groups in total. The van der Waals surface area contributed by atoms with Crippen LogP contribution in [0.25, 0.3) is 0 Å². The van der Waals surface area contributed by atoms with Gasteiger partial charge in [0.2, 0.25) is 10.0 Å². The monoisotopic (exact) mass is 495 g/mol. The number of pyridine rings is 1. The third kappa shape index (κ3) is 4.36. The smallest absolute Gasteiger partial charge is 0.274 e. The van der Waals surface area contributed by atoms with Gasteiger partial charge in [-0.3, -0.25) is 4.79 Å². The fraction of sp³-hybridized carbons (Fsp3) is 0.333.